The van der Waals surface area contributed by atoms with E-state index in [-0.39, 0.29) is 0 Å². The summed E-state index contributed by atoms with van der Waals surface area (Å²) in [6.45, 7) is 1.11. The van der Waals surface area contributed by atoms with Crippen LogP contribution >= 0.6 is 0 Å². The Balaban J connectivity index is 1.47. The zero-order valence-corrected chi connectivity index (χ0v) is 11.1. The average molecular weight is 244 g/mol. The Hall–Kier alpha value is -0.890. The van der Waals surface area contributed by atoms with Crippen molar-refractivity contribution in [2.24, 2.45) is 11.8 Å². The molecule has 0 aliphatic heterocycles. The first-order valence-electron chi connectivity index (χ1n) is 7.56. The normalized spacial score (nSPS) is 20.7. The van der Waals surface area contributed by atoms with E-state index in [0.29, 0.717) is 0 Å². The van der Waals surface area contributed by atoms with Crippen molar-refractivity contribution in [3.63, 3.8) is 0 Å². The molecular formula is C16H24N2. The van der Waals surface area contributed by atoms with Crippen LogP contribution in [0.25, 0.3) is 0 Å². The molecule has 0 atom stereocenters. The molecule has 0 spiro atoms. The molecule has 18 heavy (non-hydrogen) atoms. The maximum Gasteiger partial charge on any atom is 0.0300 e. The van der Waals surface area contributed by atoms with Crippen molar-refractivity contribution in [1.82, 2.24) is 10.3 Å². The molecule has 2 nitrogen and oxygen atoms in total. The Morgan fingerprint density at radius 2 is 1.89 bits per heavy atom. The molecule has 98 valence electrons. The van der Waals surface area contributed by atoms with Crippen LogP contribution in [0.4, 0.5) is 0 Å². The molecule has 0 amide bonds. The lowest BCUT2D eigenvalue weighted by molar-refractivity contribution is 0.124. The third-order valence-corrected chi connectivity index (χ3v) is 4.83. The van der Waals surface area contributed by atoms with Crippen molar-refractivity contribution in [1.29, 1.82) is 0 Å². The molecule has 0 radical (unpaired) electrons. The van der Waals surface area contributed by atoms with Crippen molar-refractivity contribution in [2.75, 3.05) is 6.54 Å². The first-order chi connectivity index (χ1) is 8.93. The zero-order valence-electron chi connectivity index (χ0n) is 11.1. The average Bonchev–Trinajstić information content (AvgIpc) is 2.25. The Bertz CT molecular complexity index is 341. The topological polar surface area (TPSA) is 24.9 Å². The molecule has 0 unspecified atom stereocenters. The Morgan fingerprint density at radius 3 is 2.39 bits per heavy atom. The molecule has 2 heteroatoms. The van der Waals surface area contributed by atoms with Gasteiger partial charge in [0, 0.05) is 18.4 Å². The second-order valence-corrected chi connectivity index (χ2v) is 5.97. The van der Waals surface area contributed by atoms with Gasteiger partial charge in [0.1, 0.15) is 0 Å². The van der Waals surface area contributed by atoms with Crippen molar-refractivity contribution >= 4 is 0 Å². The van der Waals surface area contributed by atoms with E-state index < -0.39 is 0 Å². The van der Waals surface area contributed by atoms with Crippen LogP contribution in [0.15, 0.2) is 24.5 Å². The monoisotopic (exact) mass is 244 g/mol. The van der Waals surface area contributed by atoms with Crippen molar-refractivity contribution in [3.8, 4) is 0 Å². The van der Waals surface area contributed by atoms with Crippen LogP contribution < -0.4 is 5.32 Å². The minimum atomic E-state index is 0.809. The summed E-state index contributed by atoms with van der Waals surface area (Å²) in [5.41, 5.74) is 1.35. The Morgan fingerprint density at radius 1 is 1.17 bits per heavy atom. The van der Waals surface area contributed by atoms with E-state index in [0.717, 1.165) is 30.8 Å². The van der Waals surface area contributed by atoms with Crippen LogP contribution in [-0.2, 0) is 6.42 Å². The summed E-state index contributed by atoms with van der Waals surface area (Å²) < 4.78 is 0. The number of hydrogen-bond donors (Lipinski definition) is 1. The molecular weight excluding hydrogens is 220 g/mol. The van der Waals surface area contributed by atoms with E-state index in [1.807, 2.05) is 18.5 Å². The summed E-state index contributed by atoms with van der Waals surface area (Å²) in [5.74, 6) is 1.95. The maximum absolute atomic E-state index is 4.18. The van der Waals surface area contributed by atoms with Crippen molar-refractivity contribution in [2.45, 2.75) is 51.0 Å². The minimum absolute atomic E-state index is 0.809. The van der Waals surface area contributed by atoms with Gasteiger partial charge in [0.05, 0.1) is 0 Å². The van der Waals surface area contributed by atoms with Crippen LogP contribution in [0.3, 0.4) is 0 Å². The summed E-state index contributed by atoms with van der Waals surface area (Å²) in [4.78, 5) is 4.18. The summed E-state index contributed by atoms with van der Waals surface area (Å²) in [6, 6.07) is 5.02. The van der Waals surface area contributed by atoms with Crippen LogP contribution in [0.1, 0.15) is 44.1 Å². The van der Waals surface area contributed by atoms with E-state index in [4.69, 9.17) is 0 Å². The second-order valence-electron chi connectivity index (χ2n) is 5.97. The third-order valence-electron chi connectivity index (χ3n) is 4.83. The predicted octanol–water partition coefficient (Wildman–Crippen LogP) is 3.18. The van der Waals surface area contributed by atoms with Gasteiger partial charge in [-0.05, 0) is 62.1 Å². The molecule has 1 heterocycles. The molecule has 1 N–H and O–H groups in total. The molecule has 3 rings (SSSR count). The van der Waals surface area contributed by atoms with Crippen LogP contribution in [0.5, 0.6) is 0 Å². The SMILES string of the molecule is c1cncc(CCNC(C2CCC2)C2CCC2)c1. The van der Waals surface area contributed by atoms with Gasteiger partial charge in [-0.25, -0.2) is 0 Å². The van der Waals surface area contributed by atoms with E-state index in [1.54, 1.807) is 0 Å². The third kappa shape index (κ3) is 2.74. The van der Waals surface area contributed by atoms with Gasteiger partial charge < -0.3 is 5.32 Å². The summed E-state index contributed by atoms with van der Waals surface area (Å²) in [5, 5.41) is 3.84. The number of hydrogen-bond acceptors (Lipinski definition) is 2. The fourth-order valence-corrected chi connectivity index (χ4v) is 3.25. The number of aromatic nitrogens is 1. The molecule has 1 aromatic heterocycles. The molecule has 0 saturated heterocycles. The van der Waals surface area contributed by atoms with Crippen molar-refractivity contribution < 1.29 is 0 Å². The van der Waals surface area contributed by atoms with Crippen LogP contribution in [0, 0.1) is 11.8 Å². The van der Waals surface area contributed by atoms with E-state index in [2.05, 4.69) is 16.4 Å². The smallest absolute Gasteiger partial charge is 0.0300 e. The van der Waals surface area contributed by atoms with Gasteiger partial charge in [0.2, 0.25) is 0 Å². The summed E-state index contributed by atoms with van der Waals surface area (Å²) >= 11 is 0. The largest absolute Gasteiger partial charge is 0.313 e. The van der Waals surface area contributed by atoms with Gasteiger partial charge in [-0.1, -0.05) is 18.9 Å². The van der Waals surface area contributed by atoms with E-state index >= 15 is 0 Å². The zero-order chi connectivity index (χ0) is 12.2. The fraction of sp³-hybridized carbons (Fsp3) is 0.688. The van der Waals surface area contributed by atoms with Gasteiger partial charge in [0.25, 0.3) is 0 Å². The molecule has 1 aromatic rings. The Kier molecular flexibility index (Phi) is 3.94. The van der Waals surface area contributed by atoms with Gasteiger partial charge in [-0.2, -0.15) is 0 Å². The highest BCUT2D eigenvalue weighted by molar-refractivity contribution is 5.08. The van der Waals surface area contributed by atoms with Crippen LogP contribution in [-0.4, -0.2) is 17.6 Å². The molecule has 2 aliphatic rings. The fourth-order valence-electron chi connectivity index (χ4n) is 3.25. The summed E-state index contributed by atoms with van der Waals surface area (Å²) in [7, 11) is 0. The lowest BCUT2D eigenvalue weighted by Gasteiger charge is -2.43. The second kappa shape index (κ2) is 5.83. The molecule has 2 saturated carbocycles. The molecule has 2 aliphatic carbocycles. The number of nitrogens with one attached hydrogen (secondary N) is 1. The van der Waals surface area contributed by atoms with Gasteiger partial charge in [-0.3, -0.25) is 4.98 Å². The molecule has 0 bridgehead atoms. The minimum Gasteiger partial charge on any atom is -0.313 e. The number of pyridine rings is 1. The first-order valence-corrected chi connectivity index (χ1v) is 7.56. The highest BCUT2D eigenvalue weighted by Crippen LogP contribution is 2.39. The standard InChI is InChI=1S/C16H24N2/c1-5-14(6-1)16(15-7-2-8-15)18-11-9-13-4-3-10-17-12-13/h3-4,10,12,14-16,18H,1-2,5-9,11H2. The lowest BCUT2D eigenvalue weighted by atomic mass is 9.68. The first kappa shape index (κ1) is 12.2. The highest BCUT2D eigenvalue weighted by Gasteiger charge is 2.35. The molecule has 2 fully saturated rings. The lowest BCUT2D eigenvalue weighted by Crippen LogP contribution is -2.47. The number of rotatable bonds is 6. The van der Waals surface area contributed by atoms with E-state index in [9.17, 15) is 0 Å². The van der Waals surface area contributed by atoms with Crippen molar-refractivity contribution in [3.05, 3.63) is 30.1 Å². The summed E-state index contributed by atoms with van der Waals surface area (Å²) in [6.07, 6.45) is 13.7. The quantitative estimate of drug-likeness (QED) is 0.831. The maximum atomic E-state index is 4.18. The van der Waals surface area contributed by atoms with E-state index in [1.165, 1.54) is 44.1 Å². The predicted molar refractivity (Wildman–Crippen MR) is 74.4 cm³/mol. The van der Waals surface area contributed by atoms with Gasteiger partial charge >= 0.3 is 0 Å². The number of nitrogens with zero attached hydrogens (tertiary/aromatic N) is 1. The van der Waals surface area contributed by atoms with Gasteiger partial charge in [0.15, 0.2) is 0 Å². The van der Waals surface area contributed by atoms with Crippen LogP contribution in [0.2, 0.25) is 0 Å². The van der Waals surface area contributed by atoms with Gasteiger partial charge in [-0.15, -0.1) is 0 Å². The molecule has 0 aromatic carbocycles. The highest BCUT2D eigenvalue weighted by atomic mass is 14.9. The Labute approximate surface area is 110 Å².